The number of hydrogen-bond donors (Lipinski definition) is 1. The van der Waals surface area contributed by atoms with Crippen LogP contribution in [0.5, 0.6) is 0 Å². The van der Waals surface area contributed by atoms with E-state index >= 15 is 0 Å². The van der Waals surface area contributed by atoms with Gasteiger partial charge in [-0.2, -0.15) is 0 Å². The number of carbonyl (C=O) groups is 1. The summed E-state index contributed by atoms with van der Waals surface area (Å²) in [6.07, 6.45) is 6.69. The van der Waals surface area contributed by atoms with Gasteiger partial charge in [0, 0.05) is 49.4 Å². The lowest BCUT2D eigenvalue weighted by molar-refractivity contribution is -0.120. The topological polar surface area (TPSA) is 92.7 Å². The lowest BCUT2D eigenvalue weighted by Gasteiger charge is -2.35. The molecule has 8 nitrogen and oxygen atoms in total. The predicted molar refractivity (Wildman–Crippen MR) is 148 cm³/mol. The van der Waals surface area contributed by atoms with Gasteiger partial charge >= 0.3 is 0 Å². The van der Waals surface area contributed by atoms with Crippen molar-refractivity contribution in [3.63, 3.8) is 0 Å². The number of aliphatic hydroxyl groups is 1. The van der Waals surface area contributed by atoms with E-state index in [1.807, 2.05) is 28.8 Å². The summed E-state index contributed by atoms with van der Waals surface area (Å²) in [5, 5.41) is 10.3. The maximum absolute atomic E-state index is 14.2. The Hall–Kier alpha value is -4.22. The number of fused-ring (bicyclic) bond motifs is 1. The van der Waals surface area contributed by atoms with Crippen LogP contribution in [0.3, 0.4) is 0 Å². The first-order valence-electron chi connectivity index (χ1n) is 12.8. The van der Waals surface area contributed by atoms with Crippen molar-refractivity contribution in [2.45, 2.75) is 38.8 Å². The Morgan fingerprint density at radius 1 is 1.10 bits per heavy atom. The molecule has 40 heavy (non-hydrogen) atoms. The van der Waals surface area contributed by atoms with Crippen molar-refractivity contribution < 1.29 is 18.7 Å². The number of aryl methyl sites for hydroxylation is 2. The third kappa shape index (κ3) is 4.40. The summed E-state index contributed by atoms with van der Waals surface area (Å²) in [5.41, 5.74) is 4.33. The first kappa shape index (κ1) is 26.0. The highest BCUT2D eigenvalue weighted by molar-refractivity contribution is 7.15. The SMILES string of the molecule is Cc1cc(-c2ccn3c(-c4ncc(CO)s4)c([C@@H]4CCCC(=O)N4c4ccc(F)c(F)c4)nc3c2)cn(C)c1=O. The van der Waals surface area contributed by atoms with E-state index in [9.17, 15) is 23.5 Å². The first-order chi connectivity index (χ1) is 19.2. The zero-order valence-corrected chi connectivity index (χ0v) is 22.6. The molecule has 11 heteroatoms. The fourth-order valence-electron chi connectivity index (χ4n) is 5.30. The van der Waals surface area contributed by atoms with Crippen LogP contribution < -0.4 is 10.5 Å². The number of rotatable bonds is 5. The van der Waals surface area contributed by atoms with E-state index in [1.165, 1.54) is 26.9 Å². The van der Waals surface area contributed by atoms with E-state index in [2.05, 4.69) is 4.98 Å². The average molecular weight is 562 g/mol. The van der Waals surface area contributed by atoms with Gasteiger partial charge in [-0.15, -0.1) is 11.3 Å². The summed E-state index contributed by atoms with van der Waals surface area (Å²) in [4.78, 5) is 37.1. The molecule has 0 unspecified atom stereocenters. The molecule has 6 rings (SSSR count). The molecule has 4 aromatic heterocycles. The van der Waals surface area contributed by atoms with Crippen molar-refractivity contribution in [2.24, 2.45) is 7.05 Å². The number of imidazole rings is 1. The van der Waals surface area contributed by atoms with Crippen LogP contribution in [-0.2, 0) is 18.4 Å². The van der Waals surface area contributed by atoms with Crippen LogP contribution in [0.25, 0.3) is 27.5 Å². The molecule has 0 bridgehead atoms. The molecule has 1 atom stereocenters. The molecule has 0 radical (unpaired) electrons. The van der Waals surface area contributed by atoms with E-state index in [0.717, 1.165) is 23.3 Å². The summed E-state index contributed by atoms with van der Waals surface area (Å²) in [6.45, 7) is 1.60. The van der Waals surface area contributed by atoms with Crippen LogP contribution >= 0.6 is 11.3 Å². The lowest BCUT2D eigenvalue weighted by atomic mass is 9.96. The summed E-state index contributed by atoms with van der Waals surface area (Å²) in [7, 11) is 1.71. The third-order valence-electron chi connectivity index (χ3n) is 7.21. The lowest BCUT2D eigenvalue weighted by Crippen LogP contribution is -2.38. The number of hydrogen-bond acceptors (Lipinski definition) is 6. The van der Waals surface area contributed by atoms with Gasteiger partial charge in [0.25, 0.3) is 5.56 Å². The summed E-state index contributed by atoms with van der Waals surface area (Å²) in [6, 6.07) is 8.55. The molecule has 1 aromatic carbocycles. The second-order valence-electron chi connectivity index (χ2n) is 9.88. The van der Waals surface area contributed by atoms with Gasteiger partial charge in [-0.05, 0) is 61.2 Å². The van der Waals surface area contributed by atoms with Gasteiger partial charge < -0.3 is 14.6 Å². The smallest absolute Gasteiger partial charge is 0.253 e. The second-order valence-corrected chi connectivity index (χ2v) is 11.0. The number of pyridine rings is 2. The number of amides is 1. The zero-order valence-electron chi connectivity index (χ0n) is 21.8. The van der Waals surface area contributed by atoms with E-state index in [-0.39, 0.29) is 30.2 Å². The van der Waals surface area contributed by atoms with Gasteiger partial charge in [-0.3, -0.25) is 14.0 Å². The van der Waals surface area contributed by atoms with Crippen LogP contribution in [0.15, 0.2) is 59.8 Å². The number of nitrogens with zero attached hydrogens (tertiary/aromatic N) is 5. The highest BCUT2D eigenvalue weighted by atomic mass is 32.1. The predicted octanol–water partition coefficient (Wildman–Crippen LogP) is 5.16. The van der Waals surface area contributed by atoms with Gasteiger partial charge in [0.1, 0.15) is 16.3 Å². The molecule has 5 aromatic rings. The minimum absolute atomic E-state index is 0.0713. The fourth-order valence-corrected chi connectivity index (χ4v) is 6.12. The molecule has 1 aliphatic heterocycles. The molecule has 0 aliphatic carbocycles. The first-order valence-corrected chi connectivity index (χ1v) is 13.6. The van der Waals surface area contributed by atoms with Crippen LogP contribution in [0, 0.1) is 18.6 Å². The number of aliphatic hydroxyl groups excluding tert-OH is 1. The Morgan fingerprint density at radius 3 is 2.65 bits per heavy atom. The minimum atomic E-state index is -1.03. The Bertz CT molecular complexity index is 1820. The summed E-state index contributed by atoms with van der Waals surface area (Å²) < 4.78 is 31.4. The third-order valence-corrected chi connectivity index (χ3v) is 8.20. The molecule has 1 aliphatic rings. The standard InChI is InChI=1S/C29H25F2N5O3S/c1-16-10-18(14-34(2)29(16)39)17-8-9-35-24(11-17)33-26(27(35)28-32-13-20(15-37)40-28)23-4-3-5-25(38)36(23)19-6-7-21(30)22(31)12-19/h6-14,23,37H,3-5,15H2,1-2H3/t23-/m0/s1. The molecule has 5 heterocycles. The van der Waals surface area contributed by atoms with Crippen molar-refractivity contribution in [1.82, 2.24) is 18.9 Å². The Morgan fingerprint density at radius 2 is 1.93 bits per heavy atom. The van der Waals surface area contributed by atoms with Crippen LogP contribution in [0.2, 0.25) is 0 Å². The maximum atomic E-state index is 14.2. The number of anilines is 1. The zero-order chi connectivity index (χ0) is 28.1. The normalized spacial score (nSPS) is 15.8. The number of halogens is 2. The molecular weight excluding hydrogens is 536 g/mol. The van der Waals surface area contributed by atoms with E-state index in [4.69, 9.17) is 4.98 Å². The van der Waals surface area contributed by atoms with Gasteiger partial charge in [0.15, 0.2) is 11.6 Å². The summed E-state index contributed by atoms with van der Waals surface area (Å²) >= 11 is 1.32. The van der Waals surface area contributed by atoms with Gasteiger partial charge in [-0.25, -0.2) is 18.7 Å². The van der Waals surface area contributed by atoms with E-state index in [0.29, 0.717) is 45.3 Å². The highest BCUT2D eigenvalue weighted by Gasteiger charge is 2.35. The van der Waals surface area contributed by atoms with Gasteiger partial charge in [-0.1, -0.05) is 0 Å². The second kappa shape index (κ2) is 10.1. The number of benzene rings is 1. The fraction of sp³-hybridized carbons (Fsp3) is 0.241. The Labute approximate surface area is 231 Å². The Balaban J connectivity index is 1.55. The van der Waals surface area contributed by atoms with Crippen molar-refractivity contribution in [3.8, 4) is 21.8 Å². The molecular formula is C29H25F2N5O3S. The Kier molecular flexibility index (Phi) is 6.55. The van der Waals surface area contributed by atoms with Gasteiger partial charge in [0.05, 0.1) is 23.2 Å². The molecule has 1 fully saturated rings. The van der Waals surface area contributed by atoms with Crippen molar-refractivity contribution >= 4 is 28.6 Å². The van der Waals surface area contributed by atoms with Crippen molar-refractivity contribution in [1.29, 1.82) is 0 Å². The van der Waals surface area contributed by atoms with Crippen LogP contribution in [-0.4, -0.2) is 29.9 Å². The largest absolute Gasteiger partial charge is 0.391 e. The average Bonchev–Trinajstić information content (AvgIpc) is 3.57. The maximum Gasteiger partial charge on any atom is 0.253 e. The number of carbonyl (C=O) groups excluding carboxylic acids is 1. The quantitative estimate of drug-likeness (QED) is 0.320. The monoisotopic (exact) mass is 561 g/mol. The molecule has 0 saturated carbocycles. The molecule has 1 amide bonds. The van der Waals surface area contributed by atoms with Crippen LogP contribution in [0.4, 0.5) is 14.5 Å². The number of thiazole rings is 1. The minimum Gasteiger partial charge on any atom is -0.391 e. The molecule has 0 spiro atoms. The number of aromatic nitrogens is 4. The van der Waals surface area contributed by atoms with E-state index in [1.54, 1.807) is 26.4 Å². The van der Waals surface area contributed by atoms with Gasteiger partial charge in [0.2, 0.25) is 5.91 Å². The van der Waals surface area contributed by atoms with Crippen molar-refractivity contribution in [3.05, 3.63) is 93.1 Å². The molecule has 1 saturated heterocycles. The van der Waals surface area contributed by atoms with Crippen molar-refractivity contribution in [2.75, 3.05) is 4.90 Å². The highest BCUT2D eigenvalue weighted by Crippen LogP contribution is 2.41. The molecule has 204 valence electrons. The number of piperidine rings is 1. The van der Waals surface area contributed by atoms with E-state index < -0.39 is 17.7 Å². The summed E-state index contributed by atoms with van der Waals surface area (Å²) in [5.74, 6) is -2.23. The molecule has 1 N–H and O–H groups in total. The van der Waals surface area contributed by atoms with Crippen LogP contribution in [0.1, 0.15) is 41.4 Å².